The molecule has 3 aromatic rings. The highest BCUT2D eigenvalue weighted by Crippen LogP contribution is 2.21. The number of carbonyl (C=O) groups is 1. The summed E-state index contributed by atoms with van der Waals surface area (Å²) in [6.07, 6.45) is 1.15. The highest BCUT2D eigenvalue weighted by molar-refractivity contribution is 7.08. The highest BCUT2D eigenvalue weighted by Gasteiger charge is 2.18. The van der Waals surface area contributed by atoms with E-state index in [-0.39, 0.29) is 22.2 Å². The largest absolute Gasteiger partial charge is 0.477 e. The van der Waals surface area contributed by atoms with Gasteiger partial charge in [0.15, 0.2) is 5.65 Å². The van der Waals surface area contributed by atoms with Crippen LogP contribution in [0.15, 0.2) is 23.1 Å². The van der Waals surface area contributed by atoms with Crippen LogP contribution in [0.3, 0.4) is 0 Å². The maximum atomic E-state index is 12.2. The van der Waals surface area contributed by atoms with Crippen LogP contribution in [-0.4, -0.2) is 37.1 Å². The van der Waals surface area contributed by atoms with Crippen molar-refractivity contribution in [1.29, 1.82) is 0 Å². The van der Waals surface area contributed by atoms with Crippen molar-refractivity contribution >= 4 is 40.1 Å². The minimum absolute atomic E-state index is 0.124. The topological polar surface area (TPSA) is 107 Å². The lowest BCUT2D eigenvalue weighted by Crippen LogP contribution is -2.19. The van der Waals surface area contributed by atoms with Crippen molar-refractivity contribution in [2.75, 3.05) is 7.11 Å². The number of pyridine rings is 2. The van der Waals surface area contributed by atoms with Crippen LogP contribution in [0.1, 0.15) is 10.4 Å². The molecule has 112 valence electrons. The fraction of sp³-hybridized carbons (Fsp3) is 0.0833. The molecular formula is C12H7ClN4O4S. The Morgan fingerprint density at radius 1 is 1.41 bits per heavy atom. The van der Waals surface area contributed by atoms with Gasteiger partial charge in [0, 0.05) is 17.7 Å². The van der Waals surface area contributed by atoms with Crippen LogP contribution >= 0.6 is 23.1 Å². The number of fused-ring (bicyclic) bond motifs is 1. The van der Waals surface area contributed by atoms with Gasteiger partial charge in [-0.2, -0.15) is 4.98 Å². The number of hydrogen-bond donors (Lipinski definition) is 1. The van der Waals surface area contributed by atoms with Gasteiger partial charge in [-0.1, -0.05) is 11.6 Å². The molecular weight excluding hydrogens is 332 g/mol. The number of nitrogens with zero attached hydrogens (tertiary/aromatic N) is 4. The van der Waals surface area contributed by atoms with E-state index in [2.05, 4.69) is 14.3 Å². The lowest BCUT2D eigenvalue weighted by atomic mass is 10.2. The zero-order valence-electron chi connectivity index (χ0n) is 11.0. The van der Waals surface area contributed by atoms with Crippen LogP contribution in [-0.2, 0) is 0 Å². The summed E-state index contributed by atoms with van der Waals surface area (Å²) in [5, 5.41) is 9.78. The predicted molar refractivity (Wildman–Crippen MR) is 79.3 cm³/mol. The fourth-order valence-corrected chi connectivity index (χ4v) is 2.63. The minimum atomic E-state index is -1.34. The van der Waals surface area contributed by atoms with Crippen molar-refractivity contribution in [2.45, 2.75) is 0 Å². The number of carboxylic acids is 1. The normalized spacial score (nSPS) is 10.8. The number of aromatic nitrogens is 4. The van der Waals surface area contributed by atoms with E-state index in [1.807, 2.05) is 0 Å². The molecule has 0 bridgehead atoms. The van der Waals surface area contributed by atoms with E-state index in [1.165, 1.54) is 23.8 Å². The molecule has 0 fully saturated rings. The van der Waals surface area contributed by atoms with Gasteiger partial charge < -0.3 is 9.84 Å². The Labute approximate surface area is 131 Å². The first-order valence-corrected chi connectivity index (χ1v) is 6.99. The first-order chi connectivity index (χ1) is 10.5. The molecule has 0 amide bonds. The van der Waals surface area contributed by atoms with Gasteiger partial charge >= 0.3 is 12.0 Å². The molecule has 0 unspecified atom stereocenters. The molecule has 10 heteroatoms. The second-order valence-electron chi connectivity index (χ2n) is 4.12. The summed E-state index contributed by atoms with van der Waals surface area (Å²) in [5.41, 5.74) is -0.841. The van der Waals surface area contributed by atoms with E-state index in [4.69, 9.17) is 16.3 Å². The van der Waals surface area contributed by atoms with Crippen molar-refractivity contribution in [3.05, 3.63) is 39.3 Å². The molecule has 1 N–H and O–H groups in total. The average molecular weight is 339 g/mol. The highest BCUT2D eigenvalue weighted by atomic mass is 35.5. The first-order valence-electron chi connectivity index (χ1n) is 5.84. The van der Waals surface area contributed by atoms with Crippen molar-refractivity contribution in [3.63, 3.8) is 0 Å². The van der Waals surface area contributed by atoms with Crippen LogP contribution in [0.5, 0.6) is 6.01 Å². The van der Waals surface area contributed by atoms with Crippen LogP contribution in [0, 0.1) is 0 Å². The van der Waals surface area contributed by atoms with Gasteiger partial charge in [-0.15, -0.1) is 4.37 Å². The predicted octanol–water partition coefficient (Wildman–Crippen LogP) is 1.60. The van der Waals surface area contributed by atoms with Crippen molar-refractivity contribution in [2.24, 2.45) is 0 Å². The Hall–Kier alpha value is -2.52. The molecule has 22 heavy (non-hydrogen) atoms. The number of ether oxygens (including phenoxy) is 1. The number of halogens is 1. The lowest BCUT2D eigenvalue weighted by molar-refractivity contribution is 0.0695. The average Bonchev–Trinajstić information content (AvgIpc) is 2.96. The molecule has 8 nitrogen and oxygen atoms in total. The second kappa shape index (κ2) is 5.35. The van der Waals surface area contributed by atoms with E-state index in [9.17, 15) is 14.7 Å². The molecule has 0 saturated carbocycles. The molecule has 0 aliphatic carbocycles. The van der Waals surface area contributed by atoms with E-state index < -0.39 is 17.0 Å². The molecule has 0 radical (unpaired) electrons. The van der Waals surface area contributed by atoms with E-state index in [0.29, 0.717) is 5.13 Å². The zero-order valence-corrected chi connectivity index (χ0v) is 12.6. The standard InChI is InChI=1S/C12H7ClN4O4S/c1-21-11-15-12(22-16-11)17-4-6(10(19)20)8(18)5-2-3-7(13)14-9(5)17/h2-4H,1H3,(H,19,20). The third-order valence-corrected chi connectivity index (χ3v) is 3.74. The molecule has 0 aromatic carbocycles. The first kappa shape index (κ1) is 14.4. The van der Waals surface area contributed by atoms with Gasteiger partial charge in [-0.05, 0) is 12.1 Å². The molecule has 3 heterocycles. The summed E-state index contributed by atoms with van der Waals surface area (Å²) in [5.74, 6) is -1.34. The van der Waals surface area contributed by atoms with E-state index in [1.54, 1.807) is 0 Å². The van der Waals surface area contributed by atoms with Gasteiger partial charge in [0.25, 0.3) is 0 Å². The van der Waals surface area contributed by atoms with Crippen LogP contribution in [0.2, 0.25) is 5.15 Å². The monoisotopic (exact) mass is 338 g/mol. The maximum absolute atomic E-state index is 12.2. The summed E-state index contributed by atoms with van der Waals surface area (Å²) in [6, 6.07) is 2.97. The Kier molecular flexibility index (Phi) is 3.51. The Balaban J connectivity index is 2.41. The van der Waals surface area contributed by atoms with Crippen LogP contribution in [0.4, 0.5) is 0 Å². The Bertz CT molecular complexity index is 952. The maximum Gasteiger partial charge on any atom is 0.341 e. The van der Waals surface area contributed by atoms with E-state index >= 15 is 0 Å². The van der Waals surface area contributed by atoms with Gasteiger partial charge in [0.2, 0.25) is 10.6 Å². The summed E-state index contributed by atoms with van der Waals surface area (Å²) >= 11 is 6.84. The van der Waals surface area contributed by atoms with Crippen molar-refractivity contribution < 1.29 is 14.6 Å². The van der Waals surface area contributed by atoms with Crippen molar-refractivity contribution in [3.8, 4) is 11.1 Å². The third-order valence-electron chi connectivity index (χ3n) is 2.83. The number of hydrogen-bond acceptors (Lipinski definition) is 7. The zero-order chi connectivity index (χ0) is 15.9. The molecule has 0 atom stereocenters. The van der Waals surface area contributed by atoms with Crippen LogP contribution in [0.25, 0.3) is 16.2 Å². The molecule has 3 aromatic heterocycles. The number of methoxy groups -OCH3 is 1. The van der Waals surface area contributed by atoms with E-state index in [0.717, 1.165) is 17.7 Å². The van der Waals surface area contributed by atoms with Gasteiger partial charge in [-0.25, -0.2) is 9.78 Å². The Morgan fingerprint density at radius 2 is 2.18 bits per heavy atom. The number of aromatic carboxylic acids is 1. The SMILES string of the molecule is COc1nsc(-n2cc(C(=O)O)c(=O)c3ccc(Cl)nc32)n1. The van der Waals surface area contributed by atoms with Crippen LogP contribution < -0.4 is 10.2 Å². The number of carboxylic acid groups (broad SMARTS) is 1. The van der Waals surface area contributed by atoms with Gasteiger partial charge in [-0.3, -0.25) is 9.36 Å². The molecule has 0 saturated heterocycles. The minimum Gasteiger partial charge on any atom is -0.477 e. The summed E-state index contributed by atoms with van der Waals surface area (Å²) in [7, 11) is 1.41. The lowest BCUT2D eigenvalue weighted by Gasteiger charge is -2.08. The summed E-state index contributed by atoms with van der Waals surface area (Å²) < 4.78 is 10.2. The fourth-order valence-electron chi connectivity index (χ4n) is 1.86. The second-order valence-corrected chi connectivity index (χ2v) is 5.23. The molecule has 3 rings (SSSR count). The summed E-state index contributed by atoms with van der Waals surface area (Å²) in [6.45, 7) is 0. The Morgan fingerprint density at radius 3 is 2.82 bits per heavy atom. The van der Waals surface area contributed by atoms with Crippen molar-refractivity contribution in [1.82, 2.24) is 18.9 Å². The summed E-state index contributed by atoms with van der Waals surface area (Å²) in [4.78, 5) is 31.6. The molecule has 0 aliphatic heterocycles. The smallest absolute Gasteiger partial charge is 0.341 e. The van der Waals surface area contributed by atoms with Gasteiger partial charge in [0.05, 0.1) is 12.5 Å². The quantitative estimate of drug-likeness (QED) is 0.722. The van der Waals surface area contributed by atoms with Gasteiger partial charge in [0.1, 0.15) is 10.7 Å². The molecule has 0 aliphatic rings. The third kappa shape index (κ3) is 2.30. The number of rotatable bonds is 3. The molecule has 0 spiro atoms.